The molecular weight excluding hydrogens is 398 g/mol. The second-order valence-corrected chi connectivity index (χ2v) is 10.2. The van der Waals surface area contributed by atoms with Gasteiger partial charge in [0.2, 0.25) is 15.8 Å². The van der Waals surface area contributed by atoms with Gasteiger partial charge in [-0.25, -0.2) is 13.2 Å². The van der Waals surface area contributed by atoms with E-state index >= 15 is 0 Å². The zero-order valence-corrected chi connectivity index (χ0v) is 17.7. The normalized spacial score (nSPS) is 17.5. The summed E-state index contributed by atoms with van der Waals surface area (Å²) in [4.78, 5) is 26.8. The van der Waals surface area contributed by atoms with Gasteiger partial charge in [0.15, 0.2) is 6.10 Å². The van der Waals surface area contributed by atoms with Crippen molar-refractivity contribution in [3.8, 4) is 0 Å². The standard InChI is InChI=1S/C20H23NO5S2/c1-12-4-9-17-15(10-12)11-18(27-17)20(23)26-13(2)19(22)14-5-7-16(8-6-14)21-28(3,24)25/h5-8,11-13,21H,4,9-10H2,1-3H3/t12-,13+/m1/s1. The number of carbonyl (C=O) groups is 2. The maximum atomic E-state index is 12.5. The lowest BCUT2D eigenvalue weighted by molar-refractivity contribution is 0.0323. The van der Waals surface area contributed by atoms with Gasteiger partial charge >= 0.3 is 5.97 Å². The van der Waals surface area contributed by atoms with E-state index in [9.17, 15) is 18.0 Å². The summed E-state index contributed by atoms with van der Waals surface area (Å²) in [5, 5.41) is 0. The number of Topliss-reactive ketones (excluding diaryl/α,β-unsaturated/α-hetero) is 1. The molecule has 1 aliphatic rings. The third-order valence-corrected chi connectivity index (χ3v) is 6.48. The molecule has 28 heavy (non-hydrogen) atoms. The Labute approximate surface area is 169 Å². The quantitative estimate of drug-likeness (QED) is 0.568. The van der Waals surface area contributed by atoms with E-state index in [1.165, 1.54) is 46.0 Å². The molecule has 0 aliphatic heterocycles. The molecule has 0 unspecified atom stereocenters. The van der Waals surface area contributed by atoms with Crippen LogP contribution in [0, 0.1) is 5.92 Å². The van der Waals surface area contributed by atoms with E-state index in [4.69, 9.17) is 4.74 Å². The number of hydrogen-bond donors (Lipinski definition) is 1. The van der Waals surface area contributed by atoms with Gasteiger partial charge in [0.25, 0.3) is 0 Å². The molecule has 8 heteroatoms. The number of sulfonamides is 1. The molecule has 0 radical (unpaired) electrons. The number of anilines is 1. The predicted octanol–water partition coefficient (Wildman–Crippen LogP) is 3.67. The molecule has 2 atom stereocenters. The molecule has 2 aromatic rings. The molecule has 1 aromatic carbocycles. The van der Waals surface area contributed by atoms with Crippen LogP contribution in [-0.2, 0) is 27.6 Å². The predicted molar refractivity (Wildman–Crippen MR) is 110 cm³/mol. The highest BCUT2D eigenvalue weighted by atomic mass is 32.2. The number of ether oxygens (including phenoxy) is 1. The monoisotopic (exact) mass is 421 g/mol. The van der Waals surface area contributed by atoms with E-state index in [0.717, 1.165) is 25.5 Å². The van der Waals surface area contributed by atoms with Crippen LogP contribution in [0.25, 0.3) is 0 Å². The Morgan fingerprint density at radius 1 is 1.25 bits per heavy atom. The molecule has 0 fully saturated rings. The summed E-state index contributed by atoms with van der Waals surface area (Å²) < 4.78 is 30.2. The van der Waals surface area contributed by atoms with Crippen molar-refractivity contribution in [3.63, 3.8) is 0 Å². The number of thiophene rings is 1. The van der Waals surface area contributed by atoms with Crippen molar-refractivity contribution in [2.45, 2.75) is 39.2 Å². The average Bonchev–Trinajstić information content (AvgIpc) is 3.03. The number of rotatable bonds is 6. The Balaban J connectivity index is 1.64. The molecule has 0 bridgehead atoms. The third kappa shape index (κ3) is 4.99. The zero-order chi connectivity index (χ0) is 20.5. The summed E-state index contributed by atoms with van der Waals surface area (Å²) in [5.74, 6) is -0.205. The fourth-order valence-electron chi connectivity index (χ4n) is 3.23. The van der Waals surface area contributed by atoms with E-state index in [1.54, 1.807) is 6.92 Å². The number of fused-ring (bicyclic) bond motifs is 1. The van der Waals surface area contributed by atoms with Crippen molar-refractivity contribution in [2.75, 3.05) is 11.0 Å². The third-order valence-electron chi connectivity index (χ3n) is 4.66. The first-order valence-electron chi connectivity index (χ1n) is 9.07. The van der Waals surface area contributed by atoms with Gasteiger partial charge in [0, 0.05) is 16.1 Å². The highest BCUT2D eigenvalue weighted by Gasteiger charge is 2.24. The van der Waals surface area contributed by atoms with Gasteiger partial charge in [-0.15, -0.1) is 11.3 Å². The lowest BCUT2D eigenvalue weighted by Gasteiger charge is -2.16. The highest BCUT2D eigenvalue weighted by molar-refractivity contribution is 7.92. The van der Waals surface area contributed by atoms with Crippen LogP contribution < -0.4 is 4.72 Å². The first kappa shape index (κ1) is 20.5. The minimum atomic E-state index is -3.38. The topological polar surface area (TPSA) is 89.5 Å². The SMILES string of the molecule is C[C@@H]1CCc2sc(C(=O)O[C@@H](C)C(=O)c3ccc(NS(C)(=O)=O)cc3)cc2C1. The molecular formula is C20H23NO5S2. The van der Waals surface area contributed by atoms with Crippen LogP contribution in [0.4, 0.5) is 5.69 Å². The van der Waals surface area contributed by atoms with Crippen molar-refractivity contribution < 1.29 is 22.7 Å². The van der Waals surface area contributed by atoms with E-state index in [-0.39, 0.29) is 5.78 Å². The molecule has 0 saturated heterocycles. The summed E-state index contributed by atoms with van der Waals surface area (Å²) in [6.07, 6.45) is 3.20. The van der Waals surface area contributed by atoms with Crippen LogP contribution in [-0.4, -0.2) is 32.5 Å². The molecule has 0 spiro atoms. The smallest absolute Gasteiger partial charge is 0.349 e. The Hall–Kier alpha value is -2.19. The van der Waals surface area contributed by atoms with Gasteiger partial charge in [-0.3, -0.25) is 9.52 Å². The molecule has 0 saturated carbocycles. The van der Waals surface area contributed by atoms with Crippen molar-refractivity contribution in [1.82, 2.24) is 0 Å². The number of aryl methyl sites for hydroxylation is 1. The Morgan fingerprint density at radius 2 is 1.93 bits per heavy atom. The second-order valence-electron chi connectivity index (χ2n) is 7.27. The van der Waals surface area contributed by atoms with Crippen LogP contribution >= 0.6 is 11.3 Å². The van der Waals surface area contributed by atoms with Crippen molar-refractivity contribution in [1.29, 1.82) is 0 Å². The number of ketones is 1. The lowest BCUT2D eigenvalue weighted by atomic mass is 9.90. The van der Waals surface area contributed by atoms with Gasteiger partial charge in [-0.1, -0.05) is 6.92 Å². The number of carbonyl (C=O) groups excluding carboxylic acids is 2. The molecule has 1 aromatic heterocycles. The largest absolute Gasteiger partial charge is 0.450 e. The minimum absolute atomic E-state index is 0.339. The van der Waals surface area contributed by atoms with E-state index in [2.05, 4.69) is 11.6 Å². The summed E-state index contributed by atoms with van der Waals surface area (Å²) >= 11 is 1.45. The van der Waals surface area contributed by atoms with E-state index in [1.807, 2.05) is 6.07 Å². The fourth-order valence-corrected chi connectivity index (χ4v) is 4.89. The maximum absolute atomic E-state index is 12.5. The first-order chi connectivity index (χ1) is 13.1. The molecule has 3 rings (SSSR count). The van der Waals surface area contributed by atoms with Gasteiger partial charge in [-0.05, 0) is 68.0 Å². The molecule has 6 nitrogen and oxygen atoms in total. The molecule has 150 valence electrons. The summed E-state index contributed by atoms with van der Waals surface area (Å²) in [6, 6.07) is 7.90. The van der Waals surface area contributed by atoms with Gasteiger partial charge in [0.05, 0.1) is 6.26 Å². The highest BCUT2D eigenvalue weighted by Crippen LogP contribution is 2.32. The van der Waals surface area contributed by atoms with Crippen LogP contribution in [0.15, 0.2) is 30.3 Å². The number of hydrogen-bond acceptors (Lipinski definition) is 6. The molecule has 1 N–H and O–H groups in total. The zero-order valence-electron chi connectivity index (χ0n) is 16.0. The van der Waals surface area contributed by atoms with Gasteiger partial charge in [0.1, 0.15) is 4.88 Å². The van der Waals surface area contributed by atoms with Crippen molar-refractivity contribution in [2.24, 2.45) is 5.92 Å². The number of benzene rings is 1. The summed E-state index contributed by atoms with van der Waals surface area (Å²) in [5.41, 5.74) is 1.92. The molecule has 0 amide bonds. The minimum Gasteiger partial charge on any atom is -0.450 e. The Bertz CT molecular complexity index is 992. The molecule has 1 aliphatic carbocycles. The number of esters is 1. The number of nitrogens with one attached hydrogen (secondary N) is 1. The Morgan fingerprint density at radius 3 is 2.57 bits per heavy atom. The average molecular weight is 422 g/mol. The molecule has 1 heterocycles. The second kappa shape index (κ2) is 8.05. The van der Waals surface area contributed by atoms with Crippen LogP contribution in [0.1, 0.15) is 50.7 Å². The van der Waals surface area contributed by atoms with Crippen LogP contribution in [0.2, 0.25) is 0 Å². The fraction of sp³-hybridized carbons (Fsp3) is 0.400. The van der Waals surface area contributed by atoms with Crippen molar-refractivity contribution in [3.05, 3.63) is 51.2 Å². The maximum Gasteiger partial charge on any atom is 0.349 e. The Kier molecular flexibility index (Phi) is 5.90. The van der Waals surface area contributed by atoms with Crippen molar-refractivity contribution >= 4 is 38.8 Å². The van der Waals surface area contributed by atoms with Crippen LogP contribution in [0.5, 0.6) is 0 Å². The summed E-state index contributed by atoms with van der Waals surface area (Å²) in [6.45, 7) is 3.74. The van der Waals surface area contributed by atoms with Gasteiger partial charge in [-0.2, -0.15) is 0 Å². The summed E-state index contributed by atoms with van der Waals surface area (Å²) in [7, 11) is -3.38. The van der Waals surface area contributed by atoms with Gasteiger partial charge < -0.3 is 4.74 Å². The first-order valence-corrected chi connectivity index (χ1v) is 11.8. The van der Waals surface area contributed by atoms with Crippen LogP contribution in [0.3, 0.4) is 0 Å². The van der Waals surface area contributed by atoms with E-state index in [0.29, 0.717) is 22.0 Å². The van der Waals surface area contributed by atoms with E-state index < -0.39 is 22.1 Å². The lowest BCUT2D eigenvalue weighted by Crippen LogP contribution is -2.24.